The molecule has 2 aliphatic rings. The van der Waals surface area contributed by atoms with Crippen LogP contribution in [0.1, 0.15) is 128 Å². The first kappa shape index (κ1) is 48.1. The lowest BCUT2D eigenvalue weighted by Crippen LogP contribution is -2.32. The molecule has 1 aliphatic heterocycles. The fourth-order valence-electron chi connectivity index (χ4n) is 11.7. The Kier molecular flexibility index (Phi) is 10.9. The maximum Gasteiger partial charge on any atom is 0.145 e. The molecule has 2 aromatic heterocycles. The molecular weight excluding hydrogens is 915 g/mol. The van der Waals surface area contributed by atoms with Gasteiger partial charge in [0, 0.05) is 55.9 Å². The lowest BCUT2D eigenvalue weighted by molar-refractivity contribution is 0.436. The minimum Gasteiger partial charge on any atom is -0.457 e. The Hall–Kier alpha value is -7.89. The second-order valence-electron chi connectivity index (χ2n) is 24.9. The lowest BCUT2D eigenvalue weighted by Gasteiger charge is -2.40. The molecule has 374 valence electrons. The maximum atomic E-state index is 7.36. The van der Waals surface area contributed by atoms with Crippen LogP contribution < -0.4 is 14.5 Å². The van der Waals surface area contributed by atoms with Crippen molar-refractivity contribution >= 4 is 56.1 Å². The first-order valence-electron chi connectivity index (χ1n) is 26.6. The zero-order valence-electron chi connectivity index (χ0n) is 45.6. The monoisotopic (exact) mass is 982 g/mol. The highest BCUT2D eigenvalue weighted by Crippen LogP contribution is 2.65. The number of aromatic nitrogens is 1. The van der Waals surface area contributed by atoms with Gasteiger partial charge in [0.25, 0.3) is 0 Å². The number of anilines is 6. The van der Waals surface area contributed by atoms with E-state index in [-0.39, 0.29) is 21.7 Å². The van der Waals surface area contributed by atoms with Gasteiger partial charge in [-0.1, -0.05) is 180 Å². The van der Waals surface area contributed by atoms with Gasteiger partial charge in [0.15, 0.2) is 0 Å². The highest BCUT2D eigenvalue weighted by Gasteiger charge is 2.53. The highest BCUT2D eigenvalue weighted by molar-refractivity contribution is 6.19. The van der Waals surface area contributed by atoms with Gasteiger partial charge in [0.2, 0.25) is 0 Å². The quantitative estimate of drug-likeness (QED) is 0.166. The number of benzene rings is 8. The first-order chi connectivity index (χ1) is 35.7. The largest absolute Gasteiger partial charge is 0.457 e. The van der Waals surface area contributed by atoms with Crippen LogP contribution in [0.4, 0.5) is 34.1 Å². The van der Waals surface area contributed by atoms with E-state index in [0.717, 1.165) is 107 Å². The van der Waals surface area contributed by atoms with Crippen molar-refractivity contribution in [3.05, 3.63) is 233 Å². The Bertz CT molecular complexity index is 3660. The molecule has 0 unspecified atom stereocenters. The van der Waals surface area contributed by atoms with Crippen molar-refractivity contribution in [1.29, 1.82) is 0 Å². The summed E-state index contributed by atoms with van der Waals surface area (Å²) in [6, 6.07) is 67.2. The van der Waals surface area contributed by atoms with E-state index in [0.29, 0.717) is 0 Å². The third kappa shape index (κ3) is 7.84. The van der Waals surface area contributed by atoms with Crippen LogP contribution in [0.25, 0.3) is 33.1 Å². The topological polar surface area (TPSA) is 41.7 Å². The molecule has 12 rings (SSSR count). The van der Waals surface area contributed by atoms with Gasteiger partial charge >= 0.3 is 0 Å². The predicted octanol–water partition coefficient (Wildman–Crippen LogP) is 19.6. The molecule has 3 heterocycles. The van der Waals surface area contributed by atoms with Gasteiger partial charge in [-0.25, -0.2) is 0 Å². The van der Waals surface area contributed by atoms with Gasteiger partial charge in [0.05, 0.1) is 28.4 Å². The number of furan rings is 1. The van der Waals surface area contributed by atoms with Gasteiger partial charge in [-0.15, -0.1) is 0 Å². The van der Waals surface area contributed by atoms with Crippen molar-refractivity contribution < 1.29 is 9.15 Å². The fourth-order valence-corrected chi connectivity index (χ4v) is 11.7. The number of ether oxygens (including phenoxy) is 1. The smallest absolute Gasteiger partial charge is 0.145 e. The molecular formula is C70H67N3O2. The zero-order valence-corrected chi connectivity index (χ0v) is 45.6. The van der Waals surface area contributed by atoms with Gasteiger partial charge in [-0.3, -0.25) is 4.98 Å². The minimum atomic E-state index is -0.845. The average Bonchev–Trinajstić information content (AvgIpc) is 3.95. The molecule has 1 spiro atoms. The molecule has 0 radical (unpaired) electrons. The number of para-hydroxylation sites is 3. The second-order valence-corrected chi connectivity index (χ2v) is 24.9. The van der Waals surface area contributed by atoms with Crippen molar-refractivity contribution in [2.45, 2.75) is 110 Å². The van der Waals surface area contributed by atoms with E-state index in [1.54, 1.807) is 0 Å². The molecule has 5 nitrogen and oxygen atoms in total. The van der Waals surface area contributed by atoms with Crippen LogP contribution in [0.3, 0.4) is 0 Å². The van der Waals surface area contributed by atoms with Gasteiger partial charge < -0.3 is 19.0 Å². The van der Waals surface area contributed by atoms with Crippen molar-refractivity contribution in [2.24, 2.45) is 0 Å². The molecule has 0 bridgehead atoms. The number of fused-ring (bicyclic) bond motifs is 13. The van der Waals surface area contributed by atoms with E-state index >= 15 is 0 Å². The zero-order chi connectivity index (χ0) is 52.4. The predicted molar refractivity (Wildman–Crippen MR) is 313 cm³/mol. The van der Waals surface area contributed by atoms with Gasteiger partial charge in [-0.05, 0) is 135 Å². The van der Waals surface area contributed by atoms with Crippen molar-refractivity contribution in [1.82, 2.24) is 4.98 Å². The Morgan fingerprint density at radius 2 is 0.893 bits per heavy atom. The number of pyridine rings is 1. The van der Waals surface area contributed by atoms with Crippen molar-refractivity contribution in [3.63, 3.8) is 0 Å². The minimum absolute atomic E-state index is 0.00592. The van der Waals surface area contributed by atoms with Gasteiger partial charge in [-0.2, -0.15) is 0 Å². The highest BCUT2D eigenvalue weighted by atomic mass is 16.5. The number of hydrogen-bond acceptors (Lipinski definition) is 5. The van der Waals surface area contributed by atoms with E-state index < -0.39 is 5.41 Å². The molecule has 8 aromatic carbocycles. The average molecular weight is 982 g/mol. The second kappa shape index (κ2) is 17.1. The first-order valence-corrected chi connectivity index (χ1v) is 26.6. The number of nitrogens with zero attached hydrogens (tertiary/aromatic N) is 3. The number of hydrogen-bond donors (Lipinski definition) is 0. The van der Waals surface area contributed by atoms with Gasteiger partial charge in [0.1, 0.15) is 22.7 Å². The summed E-state index contributed by atoms with van der Waals surface area (Å²) < 4.78 is 14.3. The molecule has 0 N–H and O–H groups in total. The SMILES string of the molecule is CC(C)(C)c1ccc(N(c2ccc(C(C)(C)C)cc2)c2ccc3c(c2)C2(c4ccccc4Oc4ccccc42)c2cc(N(c4ccc(C(C)(C)C)cc4)c4ccc(C(C)(C)C)nc4)c4c(oc5ccccc54)c2-3)cc1. The third-order valence-electron chi connectivity index (χ3n) is 15.8. The van der Waals surface area contributed by atoms with Crippen LogP contribution in [0.2, 0.25) is 0 Å². The molecule has 5 heteroatoms. The number of rotatable bonds is 6. The Morgan fingerprint density at radius 3 is 1.40 bits per heavy atom. The summed E-state index contributed by atoms with van der Waals surface area (Å²) in [5, 5.41) is 2.10. The normalized spacial score (nSPS) is 13.8. The molecule has 10 aromatic rings. The van der Waals surface area contributed by atoms with Crippen LogP contribution in [0.5, 0.6) is 11.5 Å². The van der Waals surface area contributed by atoms with Crippen LogP contribution in [-0.4, -0.2) is 4.98 Å². The molecule has 0 atom stereocenters. The van der Waals surface area contributed by atoms with Crippen molar-refractivity contribution in [3.8, 4) is 22.6 Å². The van der Waals surface area contributed by atoms with E-state index in [1.807, 2.05) is 6.20 Å². The molecule has 1 aliphatic carbocycles. The van der Waals surface area contributed by atoms with Crippen LogP contribution in [0, 0.1) is 0 Å². The fraction of sp³-hybridized carbons (Fsp3) is 0.243. The summed E-state index contributed by atoms with van der Waals surface area (Å²) in [7, 11) is 0. The summed E-state index contributed by atoms with van der Waals surface area (Å²) in [6.07, 6.45) is 2.05. The summed E-state index contributed by atoms with van der Waals surface area (Å²) in [5.41, 5.74) is 18.5. The lowest BCUT2D eigenvalue weighted by atomic mass is 9.66. The van der Waals surface area contributed by atoms with E-state index in [4.69, 9.17) is 14.1 Å². The molecule has 0 saturated carbocycles. The summed E-state index contributed by atoms with van der Waals surface area (Å²) in [4.78, 5) is 10.0. The van der Waals surface area contributed by atoms with E-state index in [1.165, 1.54) is 16.7 Å². The Morgan fingerprint density at radius 1 is 0.413 bits per heavy atom. The Balaban J connectivity index is 1.19. The summed E-state index contributed by atoms with van der Waals surface area (Å²) in [5.74, 6) is 1.66. The van der Waals surface area contributed by atoms with E-state index in [9.17, 15) is 0 Å². The molecule has 0 saturated heterocycles. The summed E-state index contributed by atoms with van der Waals surface area (Å²) >= 11 is 0. The maximum absolute atomic E-state index is 7.36. The molecule has 0 fully saturated rings. The standard InChI is InChI=1S/C70H67N3O2/c1-66(2,3)44-25-31-47(32-26-44)72(48-33-27-45(28-34-48)67(4,5)6)50-37-39-52-56(41-50)70(54-20-14-17-23-60(54)74-61-24-18-15-21-55(61)70)57-42-58(64-53-19-13-16-22-59(53)75-65(64)63(52)57)73(49-35-29-46(30-36-49)68(7,8)9)51-38-40-62(71-43-51)69(10,11)12/h13-43H,1-12H3. The van der Waals surface area contributed by atoms with Crippen molar-refractivity contribution in [2.75, 3.05) is 9.80 Å². The van der Waals surface area contributed by atoms with E-state index in [2.05, 4.69) is 275 Å². The van der Waals surface area contributed by atoms with Crippen LogP contribution in [0.15, 0.2) is 193 Å². The van der Waals surface area contributed by atoms with Crippen LogP contribution in [-0.2, 0) is 27.1 Å². The molecule has 75 heavy (non-hydrogen) atoms. The van der Waals surface area contributed by atoms with Crippen LogP contribution >= 0.6 is 0 Å². The Labute approximate surface area is 443 Å². The third-order valence-corrected chi connectivity index (χ3v) is 15.8. The molecule has 0 amide bonds. The summed E-state index contributed by atoms with van der Waals surface area (Å²) in [6.45, 7) is 27.1.